The fourth-order valence-corrected chi connectivity index (χ4v) is 3.15. The Morgan fingerprint density at radius 2 is 1.80 bits per heavy atom. The molecule has 0 spiro atoms. The van der Waals surface area contributed by atoms with Crippen molar-refractivity contribution in [1.29, 1.82) is 0 Å². The molecular weight excluding hydrogens is 334 g/mol. The second-order valence-electron chi connectivity index (χ2n) is 5.47. The third kappa shape index (κ3) is 4.33. The molecule has 4 nitrogen and oxygen atoms in total. The van der Waals surface area contributed by atoms with Crippen molar-refractivity contribution in [3.63, 3.8) is 0 Å². The first-order chi connectivity index (χ1) is 12.1. The molecule has 3 rings (SSSR count). The Hall–Kier alpha value is -2.92. The van der Waals surface area contributed by atoms with Crippen molar-refractivity contribution < 1.29 is 14.3 Å². The van der Waals surface area contributed by atoms with Crippen LogP contribution in [0.5, 0.6) is 5.75 Å². The van der Waals surface area contributed by atoms with Crippen LogP contribution in [-0.4, -0.2) is 11.9 Å². The zero-order chi connectivity index (χ0) is 17.6. The summed E-state index contributed by atoms with van der Waals surface area (Å²) in [5, 5.41) is 7.06. The molecule has 0 aliphatic rings. The predicted molar refractivity (Wildman–Crippen MR) is 98.7 cm³/mol. The lowest BCUT2D eigenvalue weighted by Gasteiger charge is -2.10. The molecule has 2 aromatic carbocycles. The van der Waals surface area contributed by atoms with Crippen molar-refractivity contribution in [3.8, 4) is 16.9 Å². The molecule has 25 heavy (non-hydrogen) atoms. The summed E-state index contributed by atoms with van der Waals surface area (Å²) in [6.45, 7) is 1.78. The van der Waals surface area contributed by atoms with Gasteiger partial charge in [-0.3, -0.25) is 9.59 Å². The van der Waals surface area contributed by atoms with Gasteiger partial charge in [-0.05, 0) is 57.8 Å². The third-order valence-corrected chi connectivity index (χ3v) is 4.35. The number of hydrogen-bond donors (Lipinski definition) is 1. The van der Waals surface area contributed by atoms with Gasteiger partial charge in [0.25, 0.3) is 5.91 Å². The van der Waals surface area contributed by atoms with E-state index in [1.807, 2.05) is 23.6 Å². The fraction of sp³-hybridized carbons (Fsp3) is 0.100. The van der Waals surface area contributed by atoms with Crippen LogP contribution < -0.4 is 10.1 Å². The lowest BCUT2D eigenvalue weighted by molar-refractivity contribution is -0.131. The van der Waals surface area contributed by atoms with Crippen LogP contribution in [0, 0.1) is 0 Å². The van der Waals surface area contributed by atoms with Crippen molar-refractivity contribution in [2.24, 2.45) is 0 Å². The van der Waals surface area contributed by atoms with Crippen LogP contribution >= 0.6 is 11.3 Å². The molecule has 0 unspecified atom stereocenters. The summed E-state index contributed by atoms with van der Waals surface area (Å²) in [4.78, 5) is 23.3. The highest BCUT2D eigenvalue weighted by molar-refractivity contribution is 7.08. The van der Waals surface area contributed by atoms with Crippen LogP contribution in [0.25, 0.3) is 11.1 Å². The highest BCUT2D eigenvalue weighted by Crippen LogP contribution is 2.25. The summed E-state index contributed by atoms with van der Waals surface area (Å²) >= 11 is 1.65. The van der Waals surface area contributed by atoms with E-state index in [1.165, 1.54) is 6.92 Å². The van der Waals surface area contributed by atoms with Gasteiger partial charge in [0, 0.05) is 19.0 Å². The topological polar surface area (TPSA) is 55.4 Å². The average molecular weight is 351 g/mol. The number of esters is 1. The molecule has 126 valence electrons. The molecule has 0 atom stereocenters. The van der Waals surface area contributed by atoms with Crippen molar-refractivity contribution >= 4 is 23.2 Å². The summed E-state index contributed by atoms with van der Waals surface area (Å²) in [6.07, 6.45) is 0. The number of nitrogens with one attached hydrogen (secondary N) is 1. The van der Waals surface area contributed by atoms with Crippen LogP contribution in [0.3, 0.4) is 0 Å². The molecule has 0 saturated heterocycles. The van der Waals surface area contributed by atoms with Gasteiger partial charge >= 0.3 is 5.97 Å². The summed E-state index contributed by atoms with van der Waals surface area (Å²) in [7, 11) is 0. The highest BCUT2D eigenvalue weighted by atomic mass is 32.1. The standard InChI is InChI=1S/C20H17NO3S/c1-14(22)24-18-8-6-15(7-9-18)20(23)21-12-16-4-2-3-5-19(16)17-10-11-25-13-17/h2-11,13H,12H2,1H3,(H,21,23). The molecule has 1 amide bonds. The first kappa shape index (κ1) is 16.9. The van der Waals surface area contributed by atoms with Crippen molar-refractivity contribution in [2.45, 2.75) is 13.5 Å². The number of rotatable bonds is 5. The maximum Gasteiger partial charge on any atom is 0.308 e. The molecule has 5 heteroatoms. The van der Waals surface area contributed by atoms with Crippen LogP contribution in [0.4, 0.5) is 0 Å². The van der Waals surface area contributed by atoms with Gasteiger partial charge in [0.1, 0.15) is 5.75 Å². The van der Waals surface area contributed by atoms with E-state index in [1.54, 1.807) is 35.6 Å². The number of carbonyl (C=O) groups is 2. The maximum absolute atomic E-state index is 12.3. The largest absolute Gasteiger partial charge is 0.427 e. The SMILES string of the molecule is CC(=O)Oc1ccc(C(=O)NCc2ccccc2-c2ccsc2)cc1. The van der Waals surface area contributed by atoms with E-state index in [0.717, 1.165) is 16.7 Å². The Morgan fingerprint density at radius 1 is 1.04 bits per heavy atom. The van der Waals surface area contributed by atoms with Crippen LogP contribution in [0.1, 0.15) is 22.8 Å². The minimum atomic E-state index is -0.387. The molecule has 1 N–H and O–H groups in total. The smallest absolute Gasteiger partial charge is 0.308 e. The van der Waals surface area contributed by atoms with Gasteiger partial charge in [0.15, 0.2) is 0 Å². The predicted octanol–water partition coefficient (Wildman–Crippen LogP) is 4.27. The van der Waals surface area contributed by atoms with E-state index in [4.69, 9.17) is 4.74 Å². The summed E-state index contributed by atoms with van der Waals surface area (Å²) in [5.74, 6) is -0.136. The Labute approximate surface area is 150 Å². The fourth-order valence-electron chi connectivity index (χ4n) is 2.49. The van der Waals surface area contributed by atoms with Crippen molar-refractivity contribution in [3.05, 3.63) is 76.5 Å². The summed E-state index contributed by atoms with van der Waals surface area (Å²) < 4.78 is 4.97. The van der Waals surface area contributed by atoms with E-state index >= 15 is 0 Å². The molecule has 0 saturated carbocycles. The average Bonchev–Trinajstić information content (AvgIpc) is 3.14. The number of ether oxygens (including phenoxy) is 1. The van der Waals surface area contributed by atoms with Crippen molar-refractivity contribution in [2.75, 3.05) is 0 Å². The van der Waals surface area contributed by atoms with Gasteiger partial charge < -0.3 is 10.1 Å². The second-order valence-corrected chi connectivity index (χ2v) is 6.25. The Balaban J connectivity index is 1.68. The molecular formula is C20H17NO3S. The number of hydrogen-bond acceptors (Lipinski definition) is 4. The zero-order valence-corrected chi connectivity index (χ0v) is 14.5. The number of thiophene rings is 1. The Kier molecular flexibility index (Phi) is 5.26. The molecule has 1 heterocycles. The quantitative estimate of drug-likeness (QED) is 0.552. The molecule has 0 aliphatic heterocycles. The zero-order valence-electron chi connectivity index (χ0n) is 13.7. The maximum atomic E-state index is 12.3. The van der Waals surface area contributed by atoms with Crippen LogP contribution in [0.15, 0.2) is 65.4 Å². The van der Waals surface area contributed by atoms with Crippen molar-refractivity contribution in [1.82, 2.24) is 5.32 Å². The number of amides is 1. The van der Waals surface area contributed by atoms with E-state index in [2.05, 4.69) is 22.8 Å². The normalized spacial score (nSPS) is 10.3. The first-order valence-electron chi connectivity index (χ1n) is 7.80. The molecule has 0 fully saturated rings. The second kappa shape index (κ2) is 7.77. The molecule has 1 aromatic heterocycles. The third-order valence-electron chi connectivity index (χ3n) is 3.67. The van der Waals surface area contributed by atoms with E-state index < -0.39 is 0 Å². The highest BCUT2D eigenvalue weighted by Gasteiger charge is 2.09. The van der Waals surface area contributed by atoms with Gasteiger partial charge in [-0.25, -0.2) is 0 Å². The van der Waals surface area contributed by atoms with Crippen LogP contribution in [0.2, 0.25) is 0 Å². The Morgan fingerprint density at radius 3 is 2.48 bits per heavy atom. The Bertz CT molecular complexity index is 870. The van der Waals surface area contributed by atoms with Gasteiger partial charge in [-0.1, -0.05) is 24.3 Å². The van der Waals surface area contributed by atoms with E-state index in [9.17, 15) is 9.59 Å². The van der Waals surface area contributed by atoms with Gasteiger partial charge in [0.2, 0.25) is 0 Å². The minimum absolute atomic E-state index is 0.172. The number of benzene rings is 2. The van der Waals surface area contributed by atoms with Gasteiger partial charge in [0.05, 0.1) is 0 Å². The lowest BCUT2D eigenvalue weighted by Crippen LogP contribution is -2.23. The number of carbonyl (C=O) groups excluding carboxylic acids is 2. The van der Waals surface area contributed by atoms with Gasteiger partial charge in [-0.2, -0.15) is 11.3 Å². The van der Waals surface area contributed by atoms with Crippen LogP contribution in [-0.2, 0) is 11.3 Å². The molecule has 0 bridgehead atoms. The summed E-state index contributed by atoms with van der Waals surface area (Å²) in [5.41, 5.74) is 3.85. The monoisotopic (exact) mass is 351 g/mol. The molecule has 0 aliphatic carbocycles. The first-order valence-corrected chi connectivity index (χ1v) is 8.75. The lowest BCUT2D eigenvalue weighted by atomic mass is 10.0. The molecule has 0 radical (unpaired) electrons. The van der Waals surface area contributed by atoms with E-state index in [-0.39, 0.29) is 11.9 Å². The molecule has 3 aromatic rings. The van der Waals surface area contributed by atoms with Gasteiger partial charge in [-0.15, -0.1) is 0 Å². The summed E-state index contributed by atoms with van der Waals surface area (Å²) in [6, 6.07) is 16.6. The minimum Gasteiger partial charge on any atom is -0.427 e. The van der Waals surface area contributed by atoms with E-state index in [0.29, 0.717) is 17.9 Å².